The highest BCUT2D eigenvalue weighted by atomic mass is 16.4. The van der Waals surface area contributed by atoms with E-state index < -0.39 is 6.09 Å². The van der Waals surface area contributed by atoms with Gasteiger partial charge in [-0.1, -0.05) is 0 Å². The summed E-state index contributed by atoms with van der Waals surface area (Å²) in [6.45, 7) is 1.24. The Balaban J connectivity index is 2.32. The Morgan fingerprint density at radius 1 is 1.62 bits per heavy atom. The maximum atomic E-state index is 10.8. The monoisotopic (exact) mass is 179 g/mol. The van der Waals surface area contributed by atoms with E-state index in [0.29, 0.717) is 19.0 Å². The van der Waals surface area contributed by atoms with Gasteiger partial charge >= 0.3 is 6.09 Å². The number of amides is 1. The third-order valence-corrected chi connectivity index (χ3v) is 1.94. The number of hydrogen-bond acceptors (Lipinski definition) is 3. The molecule has 5 heteroatoms. The highest BCUT2D eigenvalue weighted by Gasteiger charge is 2.23. The number of carbonyl (C=O) groups is 1. The average Bonchev–Trinajstić information content (AvgIpc) is 2.17. The second kappa shape index (κ2) is 2.93. The molecule has 0 saturated carbocycles. The lowest BCUT2D eigenvalue weighted by Crippen LogP contribution is -2.40. The fraction of sp³-hybridized carbons (Fsp3) is 0.250. The van der Waals surface area contributed by atoms with Crippen molar-refractivity contribution in [3.63, 3.8) is 0 Å². The third-order valence-electron chi connectivity index (χ3n) is 1.94. The van der Waals surface area contributed by atoms with Gasteiger partial charge in [-0.3, -0.25) is 4.99 Å². The standard InChI is InChI=1S/C8H9N3O2/c12-8(13)11-5-1-4-10-6-9-3-2-7(10)11/h1-3,5H,4,6H2,(H,12,13). The van der Waals surface area contributed by atoms with Crippen molar-refractivity contribution < 1.29 is 9.90 Å². The summed E-state index contributed by atoms with van der Waals surface area (Å²) in [5.41, 5.74) is 0. The van der Waals surface area contributed by atoms with Gasteiger partial charge in [-0.2, -0.15) is 0 Å². The molecule has 0 unspecified atom stereocenters. The van der Waals surface area contributed by atoms with E-state index in [1.807, 2.05) is 4.90 Å². The van der Waals surface area contributed by atoms with Crippen LogP contribution in [0.15, 0.2) is 29.2 Å². The molecular weight excluding hydrogens is 170 g/mol. The van der Waals surface area contributed by atoms with Crippen LogP contribution in [0.5, 0.6) is 0 Å². The summed E-state index contributed by atoms with van der Waals surface area (Å²) < 4.78 is 0. The Labute approximate surface area is 75.3 Å². The third kappa shape index (κ3) is 1.28. The van der Waals surface area contributed by atoms with Gasteiger partial charge in [0.1, 0.15) is 12.5 Å². The second-order valence-corrected chi connectivity index (χ2v) is 2.76. The lowest BCUT2D eigenvalue weighted by Gasteiger charge is -2.33. The largest absolute Gasteiger partial charge is 0.464 e. The first-order valence-corrected chi connectivity index (χ1v) is 3.93. The fourth-order valence-corrected chi connectivity index (χ4v) is 1.34. The molecule has 1 N–H and O–H groups in total. The minimum atomic E-state index is -0.970. The lowest BCUT2D eigenvalue weighted by atomic mass is 10.3. The molecule has 0 atom stereocenters. The zero-order chi connectivity index (χ0) is 9.26. The molecule has 0 fully saturated rings. The number of carboxylic acid groups (broad SMARTS) is 1. The van der Waals surface area contributed by atoms with Crippen molar-refractivity contribution in [1.29, 1.82) is 0 Å². The number of hydrogen-bond donors (Lipinski definition) is 1. The Hall–Kier alpha value is -1.78. The Bertz CT molecular complexity index is 319. The van der Waals surface area contributed by atoms with Crippen LogP contribution in [0.1, 0.15) is 0 Å². The maximum Gasteiger partial charge on any atom is 0.417 e. The molecule has 2 heterocycles. The number of aliphatic imine (C=N–C) groups is 1. The SMILES string of the molecule is O=C(O)N1C=CCN2CN=CC=C21. The van der Waals surface area contributed by atoms with Gasteiger partial charge in [0, 0.05) is 19.0 Å². The van der Waals surface area contributed by atoms with E-state index in [4.69, 9.17) is 5.11 Å². The van der Waals surface area contributed by atoms with Crippen molar-refractivity contribution >= 4 is 12.3 Å². The Morgan fingerprint density at radius 3 is 3.23 bits per heavy atom. The molecular formula is C8H9N3O2. The molecule has 0 bridgehead atoms. The van der Waals surface area contributed by atoms with Crippen molar-refractivity contribution in [2.45, 2.75) is 0 Å². The van der Waals surface area contributed by atoms with Crippen LogP contribution in [0.25, 0.3) is 0 Å². The smallest absolute Gasteiger partial charge is 0.417 e. The van der Waals surface area contributed by atoms with Gasteiger partial charge in [-0.15, -0.1) is 0 Å². The van der Waals surface area contributed by atoms with Crippen molar-refractivity contribution in [3.05, 3.63) is 24.2 Å². The van der Waals surface area contributed by atoms with Crippen LogP contribution in [0.4, 0.5) is 4.79 Å². The minimum Gasteiger partial charge on any atom is -0.464 e. The number of nitrogens with zero attached hydrogens (tertiary/aromatic N) is 3. The van der Waals surface area contributed by atoms with E-state index in [9.17, 15) is 4.79 Å². The van der Waals surface area contributed by atoms with Crippen molar-refractivity contribution in [1.82, 2.24) is 9.80 Å². The summed E-state index contributed by atoms with van der Waals surface area (Å²) in [6.07, 6.45) is 5.71. The van der Waals surface area contributed by atoms with Crippen molar-refractivity contribution in [2.24, 2.45) is 4.99 Å². The molecule has 0 aromatic carbocycles. The first-order chi connectivity index (χ1) is 6.29. The minimum absolute atomic E-state index is 0.528. The van der Waals surface area contributed by atoms with E-state index in [1.54, 1.807) is 24.6 Å². The molecule has 2 aliphatic heterocycles. The fourth-order valence-electron chi connectivity index (χ4n) is 1.34. The first-order valence-electron chi connectivity index (χ1n) is 3.93. The number of fused-ring (bicyclic) bond motifs is 1. The van der Waals surface area contributed by atoms with E-state index in [1.165, 1.54) is 4.90 Å². The summed E-state index contributed by atoms with van der Waals surface area (Å²) in [7, 11) is 0. The zero-order valence-electron chi connectivity index (χ0n) is 6.92. The molecule has 0 radical (unpaired) electrons. The summed E-state index contributed by atoms with van der Waals surface area (Å²) in [5, 5.41) is 8.84. The number of allylic oxidation sites excluding steroid dienone is 1. The topological polar surface area (TPSA) is 56.1 Å². The Morgan fingerprint density at radius 2 is 2.46 bits per heavy atom. The zero-order valence-corrected chi connectivity index (χ0v) is 6.92. The van der Waals surface area contributed by atoms with Crippen LogP contribution in [0.2, 0.25) is 0 Å². The normalized spacial score (nSPS) is 19.8. The molecule has 0 aromatic rings. The first kappa shape index (κ1) is 7.85. The lowest BCUT2D eigenvalue weighted by molar-refractivity contribution is 0.155. The van der Waals surface area contributed by atoms with Gasteiger partial charge in [-0.05, 0) is 12.2 Å². The predicted octanol–water partition coefficient (Wildman–Crippen LogP) is 0.679. The van der Waals surface area contributed by atoms with Crippen LogP contribution in [-0.2, 0) is 0 Å². The van der Waals surface area contributed by atoms with E-state index in [-0.39, 0.29) is 0 Å². The summed E-state index contributed by atoms with van der Waals surface area (Å²) in [4.78, 5) is 17.9. The van der Waals surface area contributed by atoms with Crippen LogP contribution in [0, 0.1) is 0 Å². The summed E-state index contributed by atoms with van der Waals surface area (Å²) in [6, 6.07) is 0. The van der Waals surface area contributed by atoms with Crippen LogP contribution in [-0.4, -0.2) is 40.4 Å². The highest BCUT2D eigenvalue weighted by Crippen LogP contribution is 2.17. The molecule has 5 nitrogen and oxygen atoms in total. The summed E-state index contributed by atoms with van der Waals surface area (Å²) in [5.74, 6) is 0.671. The predicted molar refractivity (Wildman–Crippen MR) is 47.2 cm³/mol. The Kier molecular flexibility index (Phi) is 1.77. The maximum absolute atomic E-state index is 10.8. The summed E-state index contributed by atoms with van der Waals surface area (Å²) >= 11 is 0. The quantitative estimate of drug-likeness (QED) is 0.594. The molecule has 1 amide bonds. The van der Waals surface area contributed by atoms with Crippen LogP contribution >= 0.6 is 0 Å². The average molecular weight is 179 g/mol. The van der Waals surface area contributed by atoms with Gasteiger partial charge in [0.25, 0.3) is 0 Å². The second-order valence-electron chi connectivity index (χ2n) is 2.76. The van der Waals surface area contributed by atoms with Gasteiger partial charge in [0.05, 0.1) is 0 Å². The molecule has 2 rings (SSSR count). The van der Waals surface area contributed by atoms with Gasteiger partial charge in [0.15, 0.2) is 0 Å². The van der Waals surface area contributed by atoms with E-state index in [2.05, 4.69) is 4.99 Å². The molecule has 2 aliphatic rings. The number of rotatable bonds is 0. The van der Waals surface area contributed by atoms with E-state index >= 15 is 0 Å². The molecule has 0 spiro atoms. The highest BCUT2D eigenvalue weighted by molar-refractivity contribution is 5.76. The van der Waals surface area contributed by atoms with Gasteiger partial charge in [0.2, 0.25) is 0 Å². The molecule has 0 aliphatic carbocycles. The molecule has 68 valence electrons. The molecule has 0 saturated heterocycles. The van der Waals surface area contributed by atoms with Gasteiger partial charge < -0.3 is 10.0 Å². The van der Waals surface area contributed by atoms with Crippen LogP contribution in [0.3, 0.4) is 0 Å². The van der Waals surface area contributed by atoms with E-state index in [0.717, 1.165) is 0 Å². The molecule has 0 aromatic heterocycles. The van der Waals surface area contributed by atoms with Crippen molar-refractivity contribution in [2.75, 3.05) is 13.2 Å². The van der Waals surface area contributed by atoms with Crippen LogP contribution < -0.4 is 0 Å². The molecule has 13 heavy (non-hydrogen) atoms. The van der Waals surface area contributed by atoms with Gasteiger partial charge in [-0.25, -0.2) is 9.69 Å². The van der Waals surface area contributed by atoms with Crippen molar-refractivity contribution in [3.8, 4) is 0 Å².